The first-order valence-electron chi connectivity index (χ1n) is 3.36. The Balaban J connectivity index is 3.17. The van der Waals surface area contributed by atoms with Crippen LogP contribution in [0.1, 0.15) is 0 Å². The van der Waals surface area contributed by atoms with Crippen LogP contribution in [0.4, 0.5) is 5.69 Å². The molecule has 1 rings (SSSR count). The minimum Gasteiger partial charge on any atom is -0.458 e. The summed E-state index contributed by atoms with van der Waals surface area (Å²) in [7, 11) is 0. The van der Waals surface area contributed by atoms with Gasteiger partial charge in [-0.05, 0) is 12.1 Å². The maximum absolute atomic E-state index is 10.5. The van der Waals surface area contributed by atoms with Gasteiger partial charge in [-0.1, -0.05) is 22.5 Å². The first-order chi connectivity index (χ1) is 6.15. The van der Waals surface area contributed by atoms with E-state index in [1.54, 1.807) is 6.07 Å². The van der Waals surface area contributed by atoms with E-state index in [-0.39, 0.29) is 11.4 Å². The lowest BCUT2D eigenvalue weighted by atomic mass is 10.3. The zero-order valence-corrected chi connectivity index (χ0v) is 8.15. The maximum Gasteiger partial charge on any atom is 0.312 e. The van der Waals surface area contributed by atoms with E-state index in [0.717, 1.165) is 6.26 Å². The molecule has 0 amide bonds. The van der Waals surface area contributed by atoms with Crippen molar-refractivity contribution in [2.24, 2.45) is 0 Å². The van der Waals surface area contributed by atoms with E-state index in [4.69, 9.17) is 4.74 Å². The molecular weight excluding hydrogens is 238 g/mol. The molecule has 1 aromatic rings. The third-order valence-electron chi connectivity index (χ3n) is 1.33. The Morgan fingerprint density at radius 3 is 2.85 bits per heavy atom. The first kappa shape index (κ1) is 9.73. The molecule has 0 N–H and O–H groups in total. The molecule has 0 spiro atoms. The van der Waals surface area contributed by atoms with Gasteiger partial charge in [-0.15, -0.1) is 0 Å². The van der Waals surface area contributed by atoms with Gasteiger partial charge in [-0.2, -0.15) is 0 Å². The lowest BCUT2D eigenvalue weighted by molar-refractivity contribution is -0.385. The van der Waals surface area contributed by atoms with Crippen molar-refractivity contribution in [3.05, 3.63) is 45.6 Å². The SMILES string of the molecule is C=COc1ccc(Br)cc1[N+](=O)[O-]. The van der Waals surface area contributed by atoms with Crippen LogP contribution in [0.3, 0.4) is 0 Å². The van der Waals surface area contributed by atoms with E-state index >= 15 is 0 Å². The molecule has 0 atom stereocenters. The molecule has 0 aromatic heterocycles. The van der Waals surface area contributed by atoms with Crippen molar-refractivity contribution in [3.63, 3.8) is 0 Å². The number of hydrogen-bond donors (Lipinski definition) is 0. The van der Waals surface area contributed by atoms with Gasteiger partial charge in [-0.3, -0.25) is 10.1 Å². The Hall–Kier alpha value is -1.36. The average molecular weight is 244 g/mol. The summed E-state index contributed by atoms with van der Waals surface area (Å²) in [4.78, 5) is 10.0. The number of hydrogen-bond acceptors (Lipinski definition) is 3. The smallest absolute Gasteiger partial charge is 0.312 e. The topological polar surface area (TPSA) is 52.4 Å². The molecule has 0 unspecified atom stereocenters. The molecule has 1 aromatic carbocycles. The van der Waals surface area contributed by atoms with Crippen LogP contribution >= 0.6 is 15.9 Å². The van der Waals surface area contributed by atoms with Gasteiger partial charge < -0.3 is 4.74 Å². The van der Waals surface area contributed by atoms with Gasteiger partial charge in [0.25, 0.3) is 0 Å². The van der Waals surface area contributed by atoms with Crippen LogP contribution in [0.5, 0.6) is 5.75 Å². The fourth-order valence-corrected chi connectivity index (χ4v) is 1.17. The largest absolute Gasteiger partial charge is 0.458 e. The summed E-state index contributed by atoms with van der Waals surface area (Å²) in [5.41, 5.74) is -0.0886. The van der Waals surface area contributed by atoms with Crippen molar-refractivity contribution in [1.82, 2.24) is 0 Å². The lowest BCUT2D eigenvalue weighted by Gasteiger charge is -2.00. The molecule has 4 nitrogen and oxygen atoms in total. The van der Waals surface area contributed by atoms with Crippen LogP contribution in [0.25, 0.3) is 0 Å². The molecular formula is C8H6BrNO3. The van der Waals surface area contributed by atoms with Gasteiger partial charge in [0.2, 0.25) is 5.75 Å². The lowest BCUT2D eigenvalue weighted by Crippen LogP contribution is -1.92. The molecule has 0 heterocycles. The third-order valence-corrected chi connectivity index (χ3v) is 1.82. The van der Waals surface area contributed by atoms with E-state index in [9.17, 15) is 10.1 Å². The minimum atomic E-state index is -0.510. The summed E-state index contributed by atoms with van der Waals surface area (Å²) in [5.74, 6) is 0.184. The molecule has 0 radical (unpaired) electrons. The second-order valence-corrected chi connectivity index (χ2v) is 3.07. The standard InChI is InChI=1S/C8H6BrNO3/c1-2-13-8-4-3-6(9)5-7(8)10(11)12/h2-5H,1H2. The van der Waals surface area contributed by atoms with Crippen molar-refractivity contribution in [2.45, 2.75) is 0 Å². The molecule has 5 heteroatoms. The number of benzene rings is 1. The first-order valence-corrected chi connectivity index (χ1v) is 4.16. The normalized spacial score (nSPS) is 9.31. The second-order valence-electron chi connectivity index (χ2n) is 2.15. The molecule has 0 aliphatic carbocycles. The summed E-state index contributed by atoms with van der Waals surface area (Å²) in [5, 5.41) is 10.5. The Bertz CT molecular complexity index is 351. The van der Waals surface area contributed by atoms with Crippen LogP contribution in [-0.4, -0.2) is 4.92 Å². The van der Waals surface area contributed by atoms with Crippen LogP contribution in [-0.2, 0) is 0 Å². The third kappa shape index (κ3) is 2.29. The number of nitro groups is 1. The number of nitrogens with zero attached hydrogens (tertiary/aromatic N) is 1. The van der Waals surface area contributed by atoms with Crippen molar-refractivity contribution >= 4 is 21.6 Å². The van der Waals surface area contributed by atoms with Crippen LogP contribution in [0.2, 0.25) is 0 Å². The predicted octanol–water partition coefficient (Wildman–Crippen LogP) is 2.88. The highest BCUT2D eigenvalue weighted by Gasteiger charge is 2.14. The Kier molecular flexibility index (Phi) is 3.02. The van der Waals surface area contributed by atoms with Crippen molar-refractivity contribution in [2.75, 3.05) is 0 Å². The van der Waals surface area contributed by atoms with Gasteiger partial charge in [0.1, 0.15) is 0 Å². The number of halogens is 1. The number of rotatable bonds is 3. The minimum absolute atomic E-state index is 0.0886. The van der Waals surface area contributed by atoms with E-state index in [1.807, 2.05) is 0 Å². The number of ether oxygens (including phenoxy) is 1. The summed E-state index contributed by atoms with van der Waals surface area (Å²) < 4.78 is 5.49. The Labute approximate surface area is 83.1 Å². The fraction of sp³-hybridized carbons (Fsp3) is 0. The van der Waals surface area contributed by atoms with Gasteiger partial charge in [0.15, 0.2) is 0 Å². The summed E-state index contributed by atoms with van der Waals surface area (Å²) in [6.07, 6.45) is 1.15. The fourth-order valence-electron chi connectivity index (χ4n) is 0.823. The van der Waals surface area contributed by atoms with E-state index in [1.165, 1.54) is 12.1 Å². The van der Waals surface area contributed by atoms with Crippen molar-refractivity contribution < 1.29 is 9.66 Å². The molecule has 0 saturated heterocycles. The van der Waals surface area contributed by atoms with Crippen molar-refractivity contribution in [1.29, 1.82) is 0 Å². The predicted molar refractivity (Wildman–Crippen MR) is 51.6 cm³/mol. The molecule has 0 aliphatic rings. The van der Waals surface area contributed by atoms with E-state index in [0.29, 0.717) is 4.47 Å². The highest BCUT2D eigenvalue weighted by molar-refractivity contribution is 9.10. The summed E-state index contributed by atoms with van der Waals surface area (Å²) in [6.45, 7) is 3.32. The molecule has 0 fully saturated rings. The average Bonchev–Trinajstić information content (AvgIpc) is 2.08. The monoisotopic (exact) mass is 243 g/mol. The molecule has 0 aliphatic heterocycles. The maximum atomic E-state index is 10.5. The summed E-state index contributed by atoms with van der Waals surface area (Å²) in [6, 6.07) is 4.54. The Morgan fingerprint density at radius 2 is 2.31 bits per heavy atom. The van der Waals surface area contributed by atoms with Gasteiger partial charge in [0, 0.05) is 10.5 Å². The Morgan fingerprint density at radius 1 is 1.62 bits per heavy atom. The van der Waals surface area contributed by atoms with Crippen molar-refractivity contribution in [3.8, 4) is 5.75 Å². The molecule has 0 saturated carbocycles. The van der Waals surface area contributed by atoms with Gasteiger partial charge in [0.05, 0.1) is 11.2 Å². The highest BCUT2D eigenvalue weighted by atomic mass is 79.9. The quantitative estimate of drug-likeness (QED) is 0.466. The zero-order valence-electron chi connectivity index (χ0n) is 6.57. The van der Waals surface area contributed by atoms with E-state index in [2.05, 4.69) is 22.5 Å². The molecule has 0 bridgehead atoms. The van der Waals surface area contributed by atoms with Crippen LogP contribution < -0.4 is 4.74 Å². The van der Waals surface area contributed by atoms with E-state index < -0.39 is 4.92 Å². The molecule has 68 valence electrons. The number of nitro benzene ring substituents is 1. The highest BCUT2D eigenvalue weighted by Crippen LogP contribution is 2.29. The van der Waals surface area contributed by atoms with Gasteiger partial charge in [-0.25, -0.2) is 0 Å². The van der Waals surface area contributed by atoms with Crippen LogP contribution in [0, 0.1) is 10.1 Å². The van der Waals surface area contributed by atoms with Crippen LogP contribution in [0.15, 0.2) is 35.5 Å². The summed E-state index contributed by atoms with van der Waals surface area (Å²) >= 11 is 3.13. The zero-order chi connectivity index (χ0) is 9.84. The molecule has 13 heavy (non-hydrogen) atoms. The second kappa shape index (κ2) is 4.04. The van der Waals surface area contributed by atoms with Gasteiger partial charge >= 0.3 is 5.69 Å².